The highest BCUT2D eigenvalue weighted by molar-refractivity contribution is 5.03. The zero-order valence-corrected chi connectivity index (χ0v) is 5.55. The fourth-order valence-electron chi connectivity index (χ4n) is 1.40. The van der Waals surface area contributed by atoms with Gasteiger partial charge in [0.1, 0.15) is 6.10 Å². The summed E-state index contributed by atoms with van der Waals surface area (Å²) < 4.78 is 5.35. The molecule has 1 fully saturated rings. The van der Waals surface area contributed by atoms with Crippen LogP contribution in [-0.4, -0.2) is 12.2 Å². The normalized spacial score (nSPS) is 44.4. The number of epoxide rings is 1. The summed E-state index contributed by atoms with van der Waals surface area (Å²) in [6.45, 7) is 0. The van der Waals surface area contributed by atoms with Crippen molar-refractivity contribution in [1.82, 2.24) is 0 Å². The van der Waals surface area contributed by atoms with Crippen molar-refractivity contribution in [3.05, 3.63) is 12.2 Å². The van der Waals surface area contributed by atoms with E-state index < -0.39 is 0 Å². The number of rotatable bonds is 0. The van der Waals surface area contributed by atoms with Gasteiger partial charge < -0.3 is 4.74 Å². The van der Waals surface area contributed by atoms with Crippen LogP contribution in [0.1, 0.15) is 25.7 Å². The van der Waals surface area contributed by atoms with Crippen molar-refractivity contribution in [2.75, 3.05) is 0 Å². The van der Waals surface area contributed by atoms with E-state index in [0.717, 1.165) is 0 Å². The average Bonchev–Trinajstić information content (AvgIpc) is 2.46. The molecule has 1 nitrogen and oxygen atoms in total. The van der Waals surface area contributed by atoms with Crippen LogP contribution in [0.4, 0.5) is 0 Å². The predicted octanol–water partition coefficient (Wildman–Crippen LogP) is 1.88. The van der Waals surface area contributed by atoms with Gasteiger partial charge in [0, 0.05) is 0 Å². The smallest absolute Gasteiger partial charge is 0.102 e. The summed E-state index contributed by atoms with van der Waals surface area (Å²) in [6.07, 6.45) is 10.8. The molecule has 0 aromatic rings. The highest BCUT2D eigenvalue weighted by Gasteiger charge is 2.35. The standard InChI is InChI=1S/C8H12O/c1-2-4-6-8-7(9-8)5-3-1/h3,5,7-8H,1-2,4,6H2/b5-3-. The zero-order chi connectivity index (χ0) is 6.10. The topological polar surface area (TPSA) is 12.5 Å². The van der Waals surface area contributed by atoms with Gasteiger partial charge in [0.25, 0.3) is 0 Å². The van der Waals surface area contributed by atoms with Crippen LogP contribution in [0.25, 0.3) is 0 Å². The summed E-state index contributed by atoms with van der Waals surface area (Å²) in [6, 6.07) is 0. The minimum atomic E-state index is 0.505. The van der Waals surface area contributed by atoms with Crippen LogP contribution in [0.15, 0.2) is 12.2 Å². The SMILES string of the molecule is C1=C\C2OC2CCCC/1. The molecule has 2 unspecified atom stereocenters. The van der Waals surface area contributed by atoms with Gasteiger partial charge >= 0.3 is 0 Å². The Kier molecular flexibility index (Phi) is 1.31. The number of fused-ring (bicyclic) bond motifs is 1. The molecule has 0 spiro atoms. The van der Waals surface area contributed by atoms with Crippen molar-refractivity contribution < 1.29 is 4.74 Å². The molecule has 0 aromatic heterocycles. The van der Waals surface area contributed by atoms with Gasteiger partial charge in [0.15, 0.2) is 0 Å². The number of hydrogen-bond acceptors (Lipinski definition) is 1. The van der Waals surface area contributed by atoms with Crippen LogP contribution < -0.4 is 0 Å². The molecule has 1 heteroatoms. The molecule has 0 radical (unpaired) electrons. The van der Waals surface area contributed by atoms with Crippen molar-refractivity contribution in [2.45, 2.75) is 37.9 Å². The zero-order valence-electron chi connectivity index (χ0n) is 5.55. The van der Waals surface area contributed by atoms with Crippen LogP contribution in [0, 0.1) is 0 Å². The van der Waals surface area contributed by atoms with Crippen LogP contribution in [-0.2, 0) is 4.74 Å². The molecule has 0 saturated carbocycles. The summed E-state index contributed by atoms with van der Waals surface area (Å²) in [7, 11) is 0. The molecule has 2 aliphatic rings. The first-order valence-corrected chi connectivity index (χ1v) is 3.79. The molecule has 0 aromatic carbocycles. The molecular formula is C8H12O. The van der Waals surface area contributed by atoms with Gasteiger partial charge in [0.2, 0.25) is 0 Å². The van der Waals surface area contributed by atoms with Gasteiger partial charge in [-0.3, -0.25) is 0 Å². The predicted molar refractivity (Wildman–Crippen MR) is 36.3 cm³/mol. The maximum absolute atomic E-state index is 5.35. The molecular weight excluding hydrogens is 112 g/mol. The van der Waals surface area contributed by atoms with Gasteiger partial charge in [0.05, 0.1) is 6.10 Å². The van der Waals surface area contributed by atoms with Crippen molar-refractivity contribution >= 4 is 0 Å². The summed E-state index contributed by atoms with van der Waals surface area (Å²) in [5, 5.41) is 0. The molecule has 0 amide bonds. The lowest BCUT2D eigenvalue weighted by Gasteiger charge is -1.96. The Labute approximate surface area is 55.7 Å². The summed E-state index contributed by atoms with van der Waals surface area (Å²) >= 11 is 0. The fraction of sp³-hybridized carbons (Fsp3) is 0.750. The maximum Gasteiger partial charge on any atom is 0.102 e. The second-order valence-electron chi connectivity index (χ2n) is 2.85. The second kappa shape index (κ2) is 2.14. The quantitative estimate of drug-likeness (QED) is 0.355. The second-order valence-corrected chi connectivity index (χ2v) is 2.85. The molecule has 0 N–H and O–H groups in total. The lowest BCUT2D eigenvalue weighted by Crippen LogP contribution is -1.92. The number of ether oxygens (including phenoxy) is 1. The first-order valence-electron chi connectivity index (χ1n) is 3.79. The Morgan fingerprint density at radius 3 is 3.33 bits per heavy atom. The van der Waals surface area contributed by atoms with E-state index in [4.69, 9.17) is 4.74 Å². The van der Waals surface area contributed by atoms with E-state index >= 15 is 0 Å². The molecule has 1 aliphatic carbocycles. The molecule has 9 heavy (non-hydrogen) atoms. The van der Waals surface area contributed by atoms with Crippen LogP contribution in [0.3, 0.4) is 0 Å². The fourth-order valence-corrected chi connectivity index (χ4v) is 1.40. The molecule has 2 atom stereocenters. The Morgan fingerprint density at radius 2 is 2.33 bits per heavy atom. The first-order chi connectivity index (χ1) is 4.47. The van der Waals surface area contributed by atoms with Crippen LogP contribution in [0.5, 0.6) is 0 Å². The largest absolute Gasteiger partial charge is 0.365 e. The van der Waals surface area contributed by atoms with Crippen molar-refractivity contribution in [1.29, 1.82) is 0 Å². The van der Waals surface area contributed by atoms with Gasteiger partial charge in [-0.1, -0.05) is 18.6 Å². The minimum absolute atomic E-state index is 0.505. The van der Waals surface area contributed by atoms with E-state index in [9.17, 15) is 0 Å². The maximum atomic E-state index is 5.35. The van der Waals surface area contributed by atoms with Gasteiger partial charge in [-0.05, 0) is 19.3 Å². The van der Waals surface area contributed by atoms with Crippen molar-refractivity contribution in [3.63, 3.8) is 0 Å². The van der Waals surface area contributed by atoms with E-state index in [1.807, 2.05) is 0 Å². The molecule has 50 valence electrons. The number of hydrogen-bond donors (Lipinski definition) is 0. The van der Waals surface area contributed by atoms with Crippen LogP contribution in [0.2, 0.25) is 0 Å². The van der Waals surface area contributed by atoms with E-state index in [1.54, 1.807) is 0 Å². The minimum Gasteiger partial charge on any atom is -0.365 e. The molecule has 2 rings (SSSR count). The molecule has 0 bridgehead atoms. The highest BCUT2D eigenvalue weighted by atomic mass is 16.6. The first kappa shape index (κ1) is 5.48. The average molecular weight is 124 g/mol. The summed E-state index contributed by atoms with van der Waals surface area (Å²) in [5.41, 5.74) is 0. The molecule has 1 aliphatic heterocycles. The Morgan fingerprint density at radius 1 is 1.33 bits per heavy atom. The lowest BCUT2D eigenvalue weighted by molar-refractivity contribution is 0.376. The summed E-state index contributed by atoms with van der Waals surface area (Å²) in [4.78, 5) is 0. The summed E-state index contributed by atoms with van der Waals surface area (Å²) in [5.74, 6) is 0. The van der Waals surface area contributed by atoms with E-state index in [2.05, 4.69) is 12.2 Å². The Balaban J connectivity index is 1.95. The molecule has 1 saturated heterocycles. The van der Waals surface area contributed by atoms with Gasteiger partial charge in [-0.2, -0.15) is 0 Å². The Hall–Kier alpha value is -0.300. The number of allylic oxidation sites excluding steroid dienone is 1. The van der Waals surface area contributed by atoms with Gasteiger partial charge in [-0.15, -0.1) is 0 Å². The van der Waals surface area contributed by atoms with Crippen LogP contribution >= 0.6 is 0 Å². The van der Waals surface area contributed by atoms with Gasteiger partial charge in [-0.25, -0.2) is 0 Å². The third kappa shape index (κ3) is 1.16. The van der Waals surface area contributed by atoms with E-state index in [-0.39, 0.29) is 0 Å². The van der Waals surface area contributed by atoms with E-state index in [0.29, 0.717) is 12.2 Å². The Bertz CT molecular complexity index is 129. The van der Waals surface area contributed by atoms with E-state index in [1.165, 1.54) is 25.7 Å². The molecule has 1 heterocycles. The third-order valence-electron chi connectivity index (χ3n) is 2.06. The highest BCUT2D eigenvalue weighted by Crippen LogP contribution is 2.30. The van der Waals surface area contributed by atoms with Crippen molar-refractivity contribution in [3.8, 4) is 0 Å². The third-order valence-corrected chi connectivity index (χ3v) is 2.06. The lowest BCUT2D eigenvalue weighted by atomic mass is 10.1. The monoisotopic (exact) mass is 124 g/mol. The van der Waals surface area contributed by atoms with Crippen molar-refractivity contribution in [2.24, 2.45) is 0 Å².